The van der Waals surface area contributed by atoms with Crippen LogP contribution in [0.3, 0.4) is 0 Å². The van der Waals surface area contributed by atoms with Gasteiger partial charge in [0, 0.05) is 24.8 Å². The number of pyridine rings is 1. The monoisotopic (exact) mass is 562 g/mol. The number of carbonyl (C=O) groups is 2. The van der Waals surface area contributed by atoms with Crippen molar-refractivity contribution in [1.82, 2.24) is 25.1 Å². The summed E-state index contributed by atoms with van der Waals surface area (Å²) in [4.78, 5) is 44.0. The van der Waals surface area contributed by atoms with Gasteiger partial charge in [-0.3, -0.25) is 9.78 Å². The lowest BCUT2D eigenvalue weighted by Gasteiger charge is -2.21. The molecule has 3 aromatic heterocycles. The zero-order valence-corrected chi connectivity index (χ0v) is 23.9. The van der Waals surface area contributed by atoms with Gasteiger partial charge in [-0.05, 0) is 58.1 Å². The molecular weight excluding hydrogens is 524 g/mol. The fourth-order valence-electron chi connectivity index (χ4n) is 5.63. The first-order valence-electron chi connectivity index (χ1n) is 14.4. The number of aliphatic imine (C=N–C) groups is 1. The van der Waals surface area contributed by atoms with Gasteiger partial charge in [0.15, 0.2) is 11.3 Å². The number of urea groups is 1. The molecule has 0 aromatic carbocycles. The van der Waals surface area contributed by atoms with Crippen molar-refractivity contribution in [2.45, 2.75) is 90.1 Å². The minimum atomic E-state index is -0.841. The second kappa shape index (κ2) is 12.6. The van der Waals surface area contributed by atoms with E-state index in [0.29, 0.717) is 48.3 Å². The summed E-state index contributed by atoms with van der Waals surface area (Å²) < 4.78 is 6.80. The van der Waals surface area contributed by atoms with E-state index in [9.17, 15) is 9.59 Å². The van der Waals surface area contributed by atoms with Gasteiger partial charge >= 0.3 is 12.0 Å². The van der Waals surface area contributed by atoms with E-state index in [1.165, 1.54) is 12.8 Å². The Bertz CT molecular complexity index is 1430. The van der Waals surface area contributed by atoms with Gasteiger partial charge < -0.3 is 20.2 Å². The first-order chi connectivity index (χ1) is 19.9. The zero-order valence-electron chi connectivity index (χ0n) is 23.9. The summed E-state index contributed by atoms with van der Waals surface area (Å²) in [5, 5.41) is 10.3. The predicted octanol–water partition coefficient (Wildman–Crippen LogP) is 5.35. The van der Waals surface area contributed by atoms with Gasteiger partial charge in [0.2, 0.25) is 5.90 Å². The third-order valence-electron chi connectivity index (χ3n) is 7.53. The van der Waals surface area contributed by atoms with Crippen LogP contribution < -0.4 is 16.1 Å². The summed E-state index contributed by atoms with van der Waals surface area (Å²) in [5.41, 5.74) is 6.70. The number of amides is 2. The van der Waals surface area contributed by atoms with Crippen molar-refractivity contribution in [3.05, 3.63) is 47.7 Å². The van der Waals surface area contributed by atoms with E-state index < -0.39 is 5.66 Å². The van der Waals surface area contributed by atoms with Crippen molar-refractivity contribution < 1.29 is 19.2 Å². The van der Waals surface area contributed by atoms with Gasteiger partial charge in [-0.15, -0.1) is 5.48 Å². The first kappa shape index (κ1) is 28.5. The lowest BCUT2D eigenvalue weighted by atomic mass is 10.0. The third kappa shape index (κ3) is 6.64. The molecule has 0 radical (unpaired) electrons. The van der Waals surface area contributed by atoms with E-state index in [1.54, 1.807) is 18.6 Å². The minimum absolute atomic E-state index is 0.158. The van der Waals surface area contributed by atoms with Crippen LogP contribution >= 0.6 is 0 Å². The van der Waals surface area contributed by atoms with Crippen LogP contribution in [0.25, 0.3) is 5.65 Å². The summed E-state index contributed by atoms with van der Waals surface area (Å²) in [6, 6.07) is 3.36. The molecule has 1 unspecified atom stereocenters. The van der Waals surface area contributed by atoms with Gasteiger partial charge in [0.05, 0.1) is 48.0 Å². The molecule has 0 bridgehead atoms. The number of unbranched alkanes of at least 4 members (excludes halogenated alkanes) is 2. The molecule has 12 nitrogen and oxygen atoms in total. The standard InChI is InChI=1S/C29H38N8O4/c1-4-40-25(38)13-7-5-6-12-24-35-29(3,36-41-24)27-19(2)16-21(17-31-27)33-28(39)34-22-18-30-23-14-15-32-37(23)26(22)20-10-8-9-11-20/h14-18,20,36H,4-13H2,1-3H3,(H2,33,34,39). The third-order valence-corrected chi connectivity index (χ3v) is 7.53. The summed E-state index contributed by atoms with van der Waals surface area (Å²) in [6.45, 7) is 6.05. The Morgan fingerprint density at radius 1 is 1.17 bits per heavy atom. The number of hydroxylamine groups is 1. The Labute approximate surface area is 239 Å². The van der Waals surface area contributed by atoms with Crippen molar-refractivity contribution in [1.29, 1.82) is 0 Å². The van der Waals surface area contributed by atoms with Crippen molar-refractivity contribution >= 4 is 34.9 Å². The molecule has 2 aliphatic rings. The van der Waals surface area contributed by atoms with Gasteiger partial charge in [-0.2, -0.15) is 5.10 Å². The summed E-state index contributed by atoms with van der Waals surface area (Å²) in [5.74, 6) is 0.776. The van der Waals surface area contributed by atoms with E-state index >= 15 is 0 Å². The number of aryl methyl sites for hydroxylation is 1. The van der Waals surface area contributed by atoms with Crippen LogP contribution in [-0.4, -0.2) is 44.1 Å². The molecular formula is C29H38N8O4. The molecule has 2 amide bonds. The molecule has 41 heavy (non-hydrogen) atoms. The number of esters is 1. The molecule has 1 aliphatic carbocycles. The highest BCUT2D eigenvalue weighted by molar-refractivity contribution is 6.00. The van der Waals surface area contributed by atoms with Crippen LogP contribution in [0.1, 0.15) is 94.5 Å². The summed E-state index contributed by atoms with van der Waals surface area (Å²) >= 11 is 0. The molecule has 3 N–H and O–H groups in total. The molecule has 1 aliphatic heterocycles. The molecule has 1 saturated carbocycles. The molecule has 12 heteroatoms. The second-order valence-electron chi connectivity index (χ2n) is 10.8. The lowest BCUT2D eigenvalue weighted by Crippen LogP contribution is -2.34. The Balaban J connectivity index is 1.19. The highest BCUT2D eigenvalue weighted by Gasteiger charge is 2.36. The number of anilines is 2. The van der Waals surface area contributed by atoms with E-state index in [4.69, 9.17) is 14.6 Å². The van der Waals surface area contributed by atoms with E-state index in [-0.39, 0.29) is 12.0 Å². The number of hydrogen-bond acceptors (Lipinski definition) is 9. The van der Waals surface area contributed by atoms with E-state index in [1.807, 2.05) is 37.4 Å². The average Bonchev–Trinajstić information content (AvgIpc) is 3.70. The quantitative estimate of drug-likeness (QED) is 0.209. The van der Waals surface area contributed by atoms with Gasteiger partial charge in [-0.1, -0.05) is 19.3 Å². The highest BCUT2D eigenvalue weighted by atomic mass is 16.7. The van der Waals surface area contributed by atoms with Crippen LogP contribution in [0, 0.1) is 6.92 Å². The lowest BCUT2D eigenvalue weighted by molar-refractivity contribution is -0.143. The highest BCUT2D eigenvalue weighted by Crippen LogP contribution is 2.37. The van der Waals surface area contributed by atoms with Crippen LogP contribution in [0.2, 0.25) is 0 Å². The second-order valence-corrected chi connectivity index (χ2v) is 10.8. The van der Waals surface area contributed by atoms with Crippen molar-refractivity contribution in [2.24, 2.45) is 4.99 Å². The summed E-state index contributed by atoms with van der Waals surface area (Å²) in [6.07, 6.45) is 13.1. The number of fused-ring (bicyclic) bond motifs is 1. The Hall–Kier alpha value is -4.06. The number of nitrogens with one attached hydrogen (secondary N) is 3. The van der Waals surface area contributed by atoms with E-state index in [2.05, 4.69) is 31.2 Å². The van der Waals surface area contributed by atoms with E-state index in [0.717, 1.165) is 49.0 Å². The fourth-order valence-corrected chi connectivity index (χ4v) is 5.63. The van der Waals surface area contributed by atoms with Crippen LogP contribution in [0.4, 0.5) is 16.2 Å². The number of ether oxygens (including phenoxy) is 1. The van der Waals surface area contributed by atoms with Crippen LogP contribution in [-0.2, 0) is 20.0 Å². The molecule has 0 spiro atoms. The van der Waals surface area contributed by atoms with Gasteiger partial charge in [-0.25, -0.2) is 19.3 Å². The molecule has 4 heterocycles. The normalized spacial score (nSPS) is 18.8. The van der Waals surface area contributed by atoms with Crippen LogP contribution in [0.5, 0.6) is 0 Å². The Morgan fingerprint density at radius 3 is 2.78 bits per heavy atom. The molecule has 218 valence electrons. The number of rotatable bonds is 11. The molecule has 0 saturated heterocycles. The number of aromatic nitrogens is 4. The van der Waals surface area contributed by atoms with Crippen LogP contribution in [0.15, 0.2) is 35.7 Å². The topological polar surface area (TPSA) is 144 Å². The maximum absolute atomic E-state index is 13.0. The SMILES string of the molecule is CCOC(=O)CCCCCC1=NC(C)(c2ncc(NC(=O)Nc3cnc4ccnn4c3C3CCCC3)cc2C)NO1. The maximum atomic E-state index is 13.0. The predicted molar refractivity (Wildman–Crippen MR) is 155 cm³/mol. The Kier molecular flexibility index (Phi) is 8.77. The smallest absolute Gasteiger partial charge is 0.323 e. The van der Waals surface area contributed by atoms with Gasteiger partial charge in [0.25, 0.3) is 0 Å². The largest absolute Gasteiger partial charge is 0.466 e. The van der Waals surface area contributed by atoms with Crippen molar-refractivity contribution in [3.63, 3.8) is 0 Å². The molecule has 1 atom stereocenters. The van der Waals surface area contributed by atoms with Crippen molar-refractivity contribution in [2.75, 3.05) is 17.2 Å². The summed E-state index contributed by atoms with van der Waals surface area (Å²) in [7, 11) is 0. The molecule has 1 fully saturated rings. The zero-order chi connectivity index (χ0) is 28.8. The number of hydrogen-bond donors (Lipinski definition) is 3. The van der Waals surface area contributed by atoms with Gasteiger partial charge in [0.1, 0.15) is 0 Å². The average molecular weight is 563 g/mol. The maximum Gasteiger partial charge on any atom is 0.323 e. The molecule has 5 rings (SSSR count). The number of carbonyl (C=O) groups excluding carboxylic acids is 2. The first-order valence-corrected chi connectivity index (χ1v) is 14.4. The fraction of sp³-hybridized carbons (Fsp3) is 0.517. The molecule has 3 aromatic rings. The number of nitrogens with zero attached hydrogens (tertiary/aromatic N) is 5. The van der Waals surface area contributed by atoms with Crippen molar-refractivity contribution in [3.8, 4) is 0 Å². The minimum Gasteiger partial charge on any atom is -0.466 e. The Morgan fingerprint density at radius 2 is 2.00 bits per heavy atom.